The summed E-state index contributed by atoms with van der Waals surface area (Å²) in [5, 5.41) is 14.3. The van der Waals surface area contributed by atoms with E-state index in [4.69, 9.17) is 4.74 Å². The Balaban J connectivity index is 1.38. The number of aromatic amines is 1. The minimum Gasteiger partial charge on any atom is -0.486 e. The molecule has 1 amide bonds. The van der Waals surface area contributed by atoms with Crippen LogP contribution in [0.5, 0.6) is 5.75 Å². The van der Waals surface area contributed by atoms with Crippen molar-refractivity contribution in [1.82, 2.24) is 35.5 Å². The van der Waals surface area contributed by atoms with E-state index in [1.54, 1.807) is 28.9 Å². The van der Waals surface area contributed by atoms with Crippen LogP contribution in [0.1, 0.15) is 28.9 Å². The molecule has 0 spiro atoms. The first kappa shape index (κ1) is 17.7. The molecular weight excluding hydrogens is 358 g/mol. The lowest BCUT2D eigenvalue weighted by molar-refractivity contribution is 0.0949. The fourth-order valence-corrected chi connectivity index (χ4v) is 2.80. The maximum absolute atomic E-state index is 12.5. The van der Waals surface area contributed by atoms with Crippen molar-refractivity contribution in [2.24, 2.45) is 0 Å². The molecule has 2 aromatic carbocycles. The van der Waals surface area contributed by atoms with Crippen LogP contribution >= 0.6 is 0 Å². The summed E-state index contributed by atoms with van der Waals surface area (Å²) >= 11 is 0. The summed E-state index contributed by atoms with van der Waals surface area (Å²) < 4.78 is 7.38. The number of H-pyrrole nitrogens is 1. The van der Waals surface area contributed by atoms with Crippen LogP contribution in [0.4, 0.5) is 0 Å². The van der Waals surface area contributed by atoms with E-state index >= 15 is 0 Å². The van der Waals surface area contributed by atoms with E-state index in [2.05, 4.69) is 30.8 Å². The normalized spacial score (nSPS) is 10.9. The number of para-hydroxylation sites is 2. The minimum atomic E-state index is -0.204. The number of benzene rings is 2. The van der Waals surface area contributed by atoms with E-state index in [0.29, 0.717) is 36.1 Å². The Kier molecular flexibility index (Phi) is 4.96. The number of tetrazole rings is 1. The van der Waals surface area contributed by atoms with Crippen molar-refractivity contribution < 1.29 is 9.53 Å². The highest BCUT2D eigenvalue weighted by Gasteiger charge is 2.10. The molecule has 4 aromatic rings. The number of fused-ring (bicyclic) bond motifs is 1. The fourth-order valence-electron chi connectivity index (χ4n) is 2.80. The number of hydrogen-bond acceptors (Lipinski definition) is 6. The lowest BCUT2D eigenvalue weighted by Gasteiger charge is -2.08. The lowest BCUT2D eigenvalue weighted by Crippen LogP contribution is -2.23. The van der Waals surface area contributed by atoms with Crippen LogP contribution in [-0.4, -0.2) is 36.1 Å². The first-order valence-electron chi connectivity index (χ1n) is 8.92. The molecule has 0 bridgehead atoms. The number of rotatable bonds is 7. The minimum absolute atomic E-state index is 0.204. The van der Waals surface area contributed by atoms with Crippen LogP contribution in [-0.2, 0) is 19.7 Å². The van der Waals surface area contributed by atoms with Crippen LogP contribution in [0, 0.1) is 0 Å². The van der Waals surface area contributed by atoms with Crippen LogP contribution in [0.3, 0.4) is 0 Å². The van der Waals surface area contributed by atoms with E-state index in [0.717, 1.165) is 11.0 Å². The smallest absolute Gasteiger partial charge is 0.251 e. The molecule has 0 atom stereocenters. The quantitative estimate of drug-likeness (QED) is 0.510. The largest absolute Gasteiger partial charge is 0.486 e. The third kappa shape index (κ3) is 3.83. The van der Waals surface area contributed by atoms with Crippen molar-refractivity contribution in [2.75, 3.05) is 0 Å². The lowest BCUT2D eigenvalue weighted by atomic mass is 10.2. The number of nitrogens with zero attached hydrogens (tertiary/aromatic N) is 5. The zero-order valence-corrected chi connectivity index (χ0v) is 15.3. The number of amides is 1. The average Bonchev–Trinajstić information content (AvgIpc) is 3.36. The Bertz CT molecular complexity index is 1070. The van der Waals surface area contributed by atoms with Gasteiger partial charge in [0.25, 0.3) is 5.91 Å². The average molecular weight is 377 g/mol. The van der Waals surface area contributed by atoms with Gasteiger partial charge in [-0.05, 0) is 47.7 Å². The van der Waals surface area contributed by atoms with E-state index in [1.165, 1.54) is 0 Å². The fraction of sp³-hybridized carbons (Fsp3) is 0.211. The molecule has 142 valence electrons. The standard InChI is InChI=1S/C19H19N7O2/c1-2-26-18(23-24-25-26)12-28-14-7-5-6-13(10-14)19(27)20-11-17-21-15-8-3-4-9-16(15)22-17/h3-10H,2,11-12H2,1H3,(H,20,27)(H,21,22). The summed E-state index contributed by atoms with van der Waals surface area (Å²) in [5.74, 6) is 1.70. The topological polar surface area (TPSA) is 111 Å². The third-order valence-corrected chi connectivity index (χ3v) is 4.22. The van der Waals surface area contributed by atoms with Gasteiger partial charge in [0.1, 0.15) is 18.2 Å². The molecule has 0 aliphatic rings. The third-order valence-electron chi connectivity index (χ3n) is 4.22. The van der Waals surface area contributed by atoms with Gasteiger partial charge in [-0.15, -0.1) is 5.10 Å². The van der Waals surface area contributed by atoms with Crippen LogP contribution in [0.15, 0.2) is 48.5 Å². The van der Waals surface area contributed by atoms with Gasteiger partial charge in [0.15, 0.2) is 5.82 Å². The molecule has 0 fully saturated rings. The predicted molar refractivity (Wildman–Crippen MR) is 102 cm³/mol. The monoisotopic (exact) mass is 377 g/mol. The molecule has 2 heterocycles. The second-order valence-electron chi connectivity index (χ2n) is 6.11. The number of hydrogen-bond donors (Lipinski definition) is 2. The molecular formula is C19H19N7O2. The van der Waals surface area contributed by atoms with E-state index < -0.39 is 0 Å². The first-order chi connectivity index (χ1) is 13.7. The molecule has 0 saturated carbocycles. The molecule has 2 aromatic heterocycles. The number of ether oxygens (including phenoxy) is 1. The highest BCUT2D eigenvalue weighted by Crippen LogP contribution is 2.15. The summed E-state index contributed by atoms with van der Waals surface area (Å²) in [6.07, 6.45) is 0. The molecule has 28 heavy (non-hydrogen) atoms. The molecule has 0 unspecified atom stereocenters. The molecule has 0 aliphatic carbocycles. The summed E-state index contributed by atoms with van der Waals surface area (Å²) in [6.45, 7) is 3.15. The van der Waals surface area contributed by atoms with Crippen molar-refractivity contribution in [3.8, 4) is 5.75 Å². The highest BCUT2D eigenvalue weighted by molar-refractivity contribution is 5.94. The van der Waals surface area contributed by atoms with Crippen LogP contribution < -0.4 is 10.1 Å². The van der Waals surface area contributed by atoms with Gasteiger partial charge in [0.2, 0.25) is 0 Å². The van der Waals surface area contributed by atoms with Crippen molar-refractivity contribution in [3.05, 3.63) is 65.7 Å². The molecule has 9 nitrogen and oxygen atoms in total. The maximum Gasteiger partial charge on any atom is 0.251 e. The van der Waals surface area contributed by atoms with E-state index in [-0.39, 0.29) is 12.5 Å². The number of aromatic nitrogens is 6. The predicted octanol–water partition coefficient (Wildman–Crippen LogP) is 2.08. The van der Waals surface area contributed by atoms with Crippen molar-refractivity contribution >= 4 is 16.9 Å². The SMILES string of the molecule is CCn1nnnc1COc1cccc(C(=O)NCc2nc3ccccc3[nH]2)c1. The zero-order valence-electron chi connectivity index (χ0n) is 15.3. The molecule has 2 N–H and O–H groups in total. The summed E-state index contributed by atoms with van der Waals surface area (Å²) in [6, 6.07) is 14.7. The van der Waals surface area contributed by atoms with Gasteiger partial charge >= 0.3 is 0 Å². The van der Waals surface area contributed by atoms with Crippen LogP contribution in [0.2, 0.25) is 0 Å². The Labute approximate surface area is 160 Å². The van der Waals surface area contributed by atoms with Gasteiger partial charge in [-0.3, -0.25) is 4.79 Å². The number of nitrogens with one attached hydrogen (secondary N) is 2. The zero-order chi connectivity index (χ0) is 19.3. The van der Waals surface area contributed by atoms with Crippen molar-refractivity contribution in [2.45, 2.75) is 26.6 Å². The Morgan fingerprint density at radius 1 is 1.21 bits per heavy atom. The molecule has 4 rings (SSSR count). The molecule has 0 saturated heterocycles. The van der Waals surface area contributed by atoms with Crippen molar-refractivity contribution in [1.29, 1.82) is 0 Å². The van der Waals surface area contributed by atoms with Gasteiger partial charge in [-0.1, -0.05) is 18.2 Å². The number of carbonyl (C=O) groups is 1. The molecule has 9 heteroatoms. The number of aryl methyl sites for hydroxylation is 1. The van der Waals surface area contributed by atoms with Gasteiger partial charge in [0.05, 0.1) is 17.6 Å². The second kappa shape index (κ2) is 7.87. The van der Waals surface area contributed by atoms with E-state index in [9.17, 15) is 4.79 Å². The first-order valence-corrected chi connectivity index (χ1v) is 8.92. The number of carbonyl (C=O) groups excluding carboxylic acids is 1. The van der Waals surface area contributed by atoms with Crippen molar-refractivity contribution in [3.63, 3.8) is 0 Å². The molecule has 0 radical (unpaired) electrons. The summed E-state index contributed by atoms with van der Waals surface area (Å²) in [5.41, 5.74) is 2.32. The van der Waals surface area contributed by atoms with Gasteiger partial charge in [-0.25, -0.2) is 9.67 Å². The summed E-state index contributed by atoms with van der Waals surface area (Å²) in [4.78, 5) is 20.1. The Morgan fingerprint density at radius 2 is 2.11 bits per heavy atom. The van der Waals surface area contributed by atoms with Gasteiger partial charge in [0, 0.05) is 12.1 Å². The Morgan fingerprint density at radius 3 is 2.96 bits per heavy atom. The number of imidazole rings is 1. The highest BCUT2D eigenvalue weighted by atomic mass is 16.5. The van der Waals surface area contributed by atoms with Gasteiger partial charge in [-0.2, -0.15) is 0 Å². The van der Waals surface area contributed by atoms with Gasteiger partial charge < -0.3 is 15.0 Å². The second-order valence-corrected chi connectivity index (χ2v) is 6.11. The van der Waals surface area contributed by atoms with E-state index in [1.807, 2.05) is 31.2 Å². The maximum atomic E-state index is 12.5. The Hall–Kier alpha value is -3.75. The van der Waals surface area contributed by atoms with Crippen LogP contribution in [0.25, 0.3) is 11.0 Å². The summed E-state index contributed by atoms with van der Waals surface area (Å²) in [7, 11) is 0. The molecule has 0 aliphatic heterocycles.